The zero-order valence-electron chi connectivity index (χ0n) is 19.9. The predicted molar refractivity (Wildman–Crippen MR) is 138 cm³/mol. The smallest absolute Gasteiger partial charge is 0.415 e. The summed E-state index contributed by atoms with van der Waals surface area (Å²) in [7, 11) is 1.58. The largest absolute Gasteiger partial charge is 0.443 e. The number of likely N-dealkylation sites (N-methyl/N-ethyl adjacent to an activating group) is 1. The van der Waals surface area contributed by atoms with Crippen LogP contribution in [0.4, 0.5) is 16.2 Å². The van der Waals surface area contributed by atoms with E-state index in [2.05, 4.69) is 4.98 Å². The molecule has 0 atom stereocenters. The quantitative estimate of drug-likeness (QED) is 0.482. The molecule has 180 valence electrons. The lowest BCUT2D eigenvalue weighted by atomic mass is 10.1. The van der Waals surface area contributed by atoms with Crippen molar-refractivity contribution in [2.45, 2.75) is 39.8 Å². The summed E-state index contributed by atoms with van der Waals surface area (Å²) in [5.74, 6) is -0.311. The van der Waals surface area contributed by atoms with Crippen LogP contribution < -0.4 is 15.5 Å². The molecule has 34 heavy (non-hydrogen) atoms. The average molecular weight is 503 g/mol. The van der Waals surface area contributed by atoms with Crippen LogP contribution in [0.2, 0.25) is 10.0 Å². The third-order valence-electron chi connectivity index (χ3n) is 5.18. The van der Waals surface area contributed by atoms with Gasteiger partial charge >= 0.3 is 6.09 Å². The van der Waals surface area contributed by atoms with E-state index in [4.69, 9.17) is 33.7 Å². The van der Waals surface area contributed by atoms with Gasteiger partial charge in [-0.3, -0.25) is 14.7 Å². The summed E-state index contributed by atoms with van der Waals surface area (Å²) in [6, 6.07) is 12.8. The Balaban J connectivity index is 2.14. The first-order chi connectivity index (χ1) is 15.9. The van der Waals surface area contributed by atoms with E-state index >= 15 is 0 Å². The second-order valence-electron chi connectivity index (χ2n) is 8.87. The summed E-state index contributed by atoms with van der Waals surface area (Å²) in [5, 5.41) is 1.47. The fourth-order valence-electron chi connectivity index (χ4n) is 3.46. The van der Waals surface area contributed by atoms with Gasteiger partial charge in [0.05, 0.1) is 40.7 Å². The molecule has 1 aromatic heterocycles. The van der Waals surface area contributed by atoms with Crippen LogP contribution in [0.3, 0.4) is 0 Å². The Labute approximate surface area is 209 Å². The van der Waals surface area contributed by atoms with E-state index in [1.54, 1.807) is 40.0 Å². The molecule has 2 amide bonds. The number of fused-ring (bicyclic) bond motifs is 1. The Morgan fingerprint density at radius 1 is 1.09 bits per heavy atom. The number of pyridine rings is 1. The Morgan fingerprint density at radius 2 is 1.76 bits per heavy atom. The molecule has 7 nitrogen and oxygen atoms in total. The van der Waals surface area contributed by atoms with Crippen LogP contribution in [-0.4, -0.2) is 36.2 Å². The van der Waals surface area contributed by atoms with Crippen LogP contribution in [0.25, 0.3) is 10.9 Å². The van der Waals surface area contributed by atoms with E-state index in [-0.39, 0.29) is 24.0 Å². The lowest BCUT2D eigenvalue weighted by Gasteiger charge is -2.29. The number of carbonyl (C=O) groups is 2. The summed E-state index contributed by atoms with van der Waals surface area (Å²) in [4.78, 5) is 33.0. The number of nitrogens with two attached hydrogens (primary N) is 1. The summed E-state index contributed by atoms with van der Waals surface area (Å²) in [6.07, 6.45) is -0.573. The summed E-state index contributed by atoms with van der Waals surface area (Å²) in [6.45, 7) is 7.04. The van der Waals surface area contributed by atoms with Gasteiger partial charge in [-0.15, -0.1) is 0 Å². The first kappa shape index (κ1) is 25.7. The van der Waals surface area contributed by atoms with Crippen LogP contribution in [-0.2, 0) is 16.1 Å². The maximum Gasteiger partial charge on any atom is 0.415 e. The number of halogens is 2. The number of aromatic nitrogens is 1. The molecule has 1 heterocycles. The topological polar surface area (TPSA) is 88.8 Å². The van der Waals surface area contributed by atoms with Gasteiger partial charge in [0.15, 0.2) is 0 Å². The summed E-state index contributed by atoms with van der Waals surface area (Å²) in [5.41, 5.74) is 7.71. The monoisotopic (exact) mass is 502 g/mol. The molecule has 0 aliphatic carbocycles. The average Bonchev–Trinajstić information content (AvgIpc) is 2.76. The van der Waals surface area contributed by atoms with Crippen LogP contribution in [0.5, 0.6) is 0 Å². The molecule has 0 aliphatic rings. The van der Waals surface area contributed by atoms with Crippen molar-refractivity contribution in [3.8, 4) is 0 Å². The minimum Gasteiger partial charge on any atom is -0.443 e. The van der Waals surface area contributed by atoms with Gasteiger partial charge in [0.25, 0.3) is 0 Å². The molecule has 0 saturated carbocycles. The zero-order valence-corrected chi connectivity index (χ0v) is 21.4. The molecule has 0 aliphatic heterocycles. The highest BCUT2D eigenvalue weighted by molar-refractivity contribution is 6.38. The van der Waals surface area contributed by atoms with Crippen molar-refractivity contribution in [2.75, 3.05) is 23.4 Å². The number of anilines is 2. The molecular formula is C25H28Cl2N4O3. The van der Waals surface area contributed by atoms with Crippen LogP contribution in [0.1, 0.15) is 32.0 Å². The highest BCUT2D eigenvalue weighted by atomic mass is 35.5. The van der Waals surface area contributed by atoms with Crippen molar-refractivity contribution in [3.05, 3.63) is 63.8 Å². The lowest BCUT2D eigenvalue weighted by molar-refractivity contribution is -0.117. The number of para-hydroxylation sites is 1. The number of hydrogen-bond donors (Lipinski definition) is 1. The molecule has 0 unspecified atom stereocenters. The SMILES string of the molecule is Cc1nc2ccccc2cc1N(Cc1c(Cl)ccc(N(C)C(=O)CN)c1Cl)C(=O)OC(C)(C)C. The fraction of sp³-hybridized carbons (Fsp3) is 0.320. The third kappa shape index (κ3) is 5.60. The molecule has 0 fully saturated rings. The Bertz CT molecular complexity index is 1240. The zero-order chi connectivity index (χ0) is 25.2. The van der Waals surface area contributed by atoms with Crippen molar-refractivity contribution < 1.29 is 14.3 Å². The fourth-order valence-corrected chi connectivity index (χ4v) is 4.08. The molecule has 0 bridgehead atoms. The number of ether oxygens (including phenoxy) is 1. The van der Waals surface area contributed by atoms with E-state index in [0.29, 0.717) is 27.7 Å². The Morgan fingerprint density at radius 3 is 2.41 bits per heavy atom. The Hall–Kier alpha value is -2.87. The standard InChI is InChI=1S/C25H28Cl2N4O3/c1-15-21(12-16-8-6-7-9-19(16)29-15)31(24(33)34-25(2,3)4)14-17-18(26)10-11-20(23(17)27)30(5)22(32)13-28/h6-12H,13-14,28H2,1-5H3. The van der Waals surface area contributed by atoms with Gasteiger partial charge in [0.1, 0.15) is 5.60 Å². The normalized spacial score (nSPS) is 11.4. The second kappa shape index (κ2) is 10.2. The van der Waals surface area contributed by atoms with Crippen molar-refractivity contribution in [1.82, 2.24) is 4.98 Å². The lowest BCUT2D eigenvalue weighted by Crippen LogP contribution is -2.37. The van der Waals surface area contributed by atoms with Gasteiger partial charge in [-0.25, -0.2) is 4.79 Å². The minimum absolute atomic E-state index is 0.00589. The summed E-state index contributed by atoms with van der Waals surface area (Å²) >= 11 is 13.2. The van der Waals surface area contributed by atoms with Gasteiger partial charge in [-0.2, -0.15) is 0 Å². The molecule has 2 N–H and O–H groups in total. The van der Waals surface area contributed by atoms with Gasteiger partial charge in [0.2, 0.25) is 5.91 Å². The van der Waals surface area contributed by atoms with Gasteiger partial charge in [0, 0.05) is 23.0 Å². The van der Waals surface area contributed by atoms with E-state index in [1.165, 1.54) is 9.80 Å². The summed E-state index contributed by atoms with van der Waals surface area (Å²) < 4.78 is 5.70. The number of nitrogens with zero attached hydrogens (tertiary/aromatic N) is 3. The molecule has 0 radical (unpaired) electrons. The molecular weight excluding hydrogens is 475 g/mol. The van der Waals surface area contributed by atoms with Crippen molar-refractivity contribution in [3.63, 3.8) is 0 Å². The molecule has 2 aromatic carbocycles. The number of hydrogen-bond acceptors (Lipinski definition) is 5. The van der Waals surface area contributed by atoms with Gasteiger partial charge in [-0.05, 0) is 52.0 Å². The van der Waals surface area contributed by atoms with Crippen LogP contribution in [0.15, 0.2) is 42.5 Å². The van der Waals surface area contributed by atoms with E-state index in [0.717, 1.165) is 10.9 Å². The number of benzene rings is 2. The maximum atomic E-state index is 13.4. The molecule has 0 saturated heterocycles. The highest BCUT2D eigenvalue weighted by Gasteiger charge is 2.28. The van der Waals surface area contributed by atoms with E-state index < -0.39 is 11.7 Å². The van der Waals surface area contributed by atoms with Crippen molar-refractivity contribution in [1.29, 1.82) is 0 Å². The maximum absolute atomic E-state index is 13.4. The number of aryl methyl sites for hydroxylation is 1. The van der Waals surface area contributed by atoms with Gasteiger partial charge in [-0.1, -0.05) is 41.4 Å². The van der Waals surface area contributed by atoms with E-state index in [1.807, 2.05) is 37.3 Å². The number of rotatable bonds is 5. The van der Waals surface area contributed by atoms with E-state index in [9.17, 15) is 9.59 Å². The van der Waals surface area contributed by atoms with Crippen molar-refractivity contribution in [2.24, 2.45) is 5.73 Å². The molecule has 3 rings (SSSR count). The Kier molecular flexibility index (Phi) is 7.70. The molecule has 0 spiro atoms. The first-order valence-corrected chi connectivity index (χ1v) is 11.5. The number of amides is 2. The predicted octanol–water partition coefficient (Wildman–Crippen LogP) is 5.71. The first-order valence-electron chi connectivity index (χ1n) is 10.7. The second-order valence-corrected chi connectivity index (χ2v) is 9.65. The molecule has 9 heteroatoms. The van der Waals surface area contributed by atoms with Crippen molar-refractivity contribution >= 4 is 57.5 Å². The van der Waals surface area contributed by atoms with Crippen LogP contribution in [0, 0.1) is 6.92 Å². The number of carbonyl (C=O) groups excluding carboxylic acids is 2. The van der Waals surface area contributed by atoms with Crippen LogP contribution >= 0.6 is 23.2 Å². The van der Waals surface area contributed by atoms with Gasteiger partial charge < -0.3 is 15.4 Å². The molecule has 3 aromatic rings. The minimum atomic E-state index is -0.725. The highest BCUT2D eigenvalue weighted by Crippen LogP contribution is 2.36. The third-order valence-corrected chi connectivity index (χ3v) is 5.96.